The molecule has 136 valence electrons. The predicted molar refractivity (Wildman–Crippen MR) is 99.8 cm³/mol. The van der Waals surface area contributed by atoms with Gasteiger partial charge in [0.25, 0.3) is 0 Å². The number of hydrogen-bond acceptors (Lipinski definition) is 6. The van der Waals surface area contributed by atoms with Crippen LogP contribution in [0.3, 0.4) is 0 Å². The molecule has 1 fully saturated rings. The van der Waals surface area contributed by atoms with Crippen LogP contribution in [0.2, 0.25) is 0 Å². The topological polar surface area (TPSA) is 73.9 Å². The summed E-state index contributed by atoms with van der Waals surface area (Å²) in [6.45, 7) is 3.03. The first-order valence-corrected chi connectivity index (χ1v) is 8.66. The third-order valence-electron chi connectivity index (χ3n) is 4.76. The number of hydrogen-bond donors (Lipinski definition) is 0. The molecular formula is C19H18FN7. The molecule has 27 heavy (non-hydrogen) atoms. The van der Waals surface area contributed by atoms with E-state index in [1.54, 1.807) is 12.4 Å². The van der Waals surface area contributed by atoms with Crippen LogP contribution in [0.25, 0.3) is 11.1 Å². The average molecular weight is 363 g/mol. The molecule has 0 bridgehead atoms. The lowest BCUT2D eigenvalue weighted by atomic mass is 10.00. The third kappa shape index (κ3) is 3.19. The zero-order valence-electron chi connectivity index (χ0n) is 14.9. The van der Waals surface area contributed by atoms with Crippen molar-refractivity contribution in [1.29, 1.82) is 5.26 Å². The van der Waals surface area contributed by atoms with Gasteiger partial charge in [0.05, 0.1) is 11.3 Å². The van der Waals surface area contributed by atoms with Crippen molar-refractivity contribution >= 4 is 11.6 Å². The molecule has 7 nitrogen and oxygen atoms in total. The van der Waals surface area contributed by atoms with Crippen molar-refractivity contribution in [1.82, 2.24) is 19.7 Å². The summed E-state index contributed by atoms with van der Waals surface area (Å²) in [6, 6.07) is 10.9. The van der Waals surface area contributed by atoms with E-state index in [9.17, 15) is 9.65 Å². The number of benzene rings is 1. The quantitative estimate of drug-likeness (QED) is 0.665. The van der Waals surface area contributed by atoms with Gasteiger partial charge in [-0.1, -0.05) is 12.1 Å². The lowest BCUT2D eigenvalue weighted by Gasteiger charge is -2.37. The highest BCUT2D eigenvalue weighted by atomic mass is 19.1. The van der Waals surface area contributed by atoms with E-state index in [1.807, 2.05) is 29.8 Å². The molecule has 0 N–H and O–H groups in total. The normalized spacial score (nSPS) is 14.3. The molecule has 1 aliphatic rings. The zero-order chi connectivity index (χ0) is 18.8. The van der Waals surface area contributed by atoms with Crippen molar-refractivity contribution in [3.63, 3.8) is 0 Å². The second kappa shape index (κ2) is 7.03. The first-order chi connectivity index (χ1) is 13.2. The Kier molecular flexibility index (Phi) is 4.42. The minimum atomic E-state index is -0.519. The van der Waals surface area contributed by atoms with Gasteiger partial charge in [-0.05, 0) is 18.2 Å². The fraction of sp³-hybridized carbons (Fsp3) is 0.263. The summed E-state index contributed by atoms with van der Waals surface area (Å²) < 4.78 is 15.1. The van der Waals surface area contributed by atoms with E-state index in [2.05, 4.69) is 31.1 Å². The average Bonchev–Trinajstić information content (AvgIpc) is 3.14. The summed E-state index contributed by atoms with van der Waals surface area (Å²) in [7, 11) is 1.92. The van der Waals surface area contributed by atoms with E-state index in [0.717, 1.165) is 48.9 Å². The second-order valence-electron chi connectivity index (χ2n) is 6.40. The monoisotopic (exact) mass is 363 g/mol. The highest BCUT2D eigenvalue weighted by Gasteiger charge is 2.24. The Morgan fingerprint density at radius 3 is 2.48 bits per heavy atom. The van der Waals surface area contributed by atoms with Gasteiger partial charge >= 0.3 is 0 Å². The number of aromatic nitrogens is 4. The molecule has 4 rings (SSSR count). The van der Waals surface area contributed by atoms with Crippen molar-refractivity contribution < 1.29 is 4.39 Å². The summed E-state index contributed by atoms with van der Waals surface area (Å²) in [6.07, 6.45) is 3.19. The van der Waals surface area contributed by atoms with Crippen molar-refractivity contribution in [2.75, 3.05) is 36.0 Å². The van der Waals surface area contributed by atoms with Crippen LogP contribution in [-0.2, 0) is 7.05 Å². The number of nitriles is 1. The minimum absolute atomic E-state index is 0.519. The van der Waals surface area contributed by atoms with E-state index in [4.69, 9.17) is 0 Å². The molecule has 1 saturated heterocycles. The molecule has 0 spiro atoms. The fourth-order valence-electron chi connectivity index (χ4n) is 3.44. The summed E-state index contributed by atoms with van der Waals surface area (Å²) in [5.74, 6) is 0.320. The lowest BCUT2D eigenvalue weighted by Crippen LogP contribution is -2.47. The molecule has 0 amide bonds. The number of halogens is 1. The Labute approximate surface area is 156 Å². The molecule has 0 saturated carbocycles. The predicted octanol–water partition coefficient (Wildman–Crippen LogP) is 2.21. The van der Waals surface area contributed by atoms with Crippen LogP contribution in [-0.4, -0.2) is 45.9 Å². The third-order valence-corrected chi connectivity index (χ3v) is 4.76. The number of rotatable bonds is 3. The molecule has 2 aromatic heterocycles. The Bertz CT molecular complexity index is 982. The summed E-state index contributed by atoms with van der Waals surface area (Å²) in [5, 5.41) is 17.7. The maximum absolute atomic E-state index is 13.2. The maximum Gasteiger partial charge on any atom is 0.226 e. The largest absolute Gasteiger partial charge is 0.366 e. The smallest absolute Gasteiger partial charge is 0.226 e. The Hall–Kier alpha value is -3.47. The van der Waals surface area contributed by atoms with Gasteiger partial charge in [-0.25, -0.2) is 4.98 Å². The SMILES string of the molecule is Cn1cnnc1N1CCN(c2c(C#N)cccc2-c2ccc(F)nc2)CC1. The zero-order valence-corrected chi connectivity index (χ0v) is 14.9. The van der Waals surface area contributed by atoms with Crippen LogP contribution in [0.5, 0.6) is 0 Å². The van der Waals surface area contributed by atoms with E-state index >= 15 is 0 Å². The molecule has 3 aromatic rings. The van der Waals surface area contributed by atoms with Crippen LogP contribution in [0.1, 0.15) is 5.56 Å². The van der Waals surface area contributed by atoms with Gasteiger partial charge < -0.3 is 14.4 Å². The molecule has 8 heteroatoms. The molecule has 3 heterocycles. The van der Waals surface area contributed by atoms with E-state index in [0.29, 0.717) is 5.56 Å². The van der Waals surface area contributed by atoms with Crippen molar-refractivity contribution in [3.8, 4) is 17.2 Å². The standard InChI is InChI=1S/C19H18FN7/c1-25-13-23-24-19(25)27-9-7-26(8-10-27)18-14(11-21)3-2-4-16(18)15-5-6-17(20)22-12-15/h2-6,12-13H,7-10H2,1H3. The van der Waals surface area contributed by atoms with Gasteiger partial charge in [0.15, 0.2) is 0 Å². The molecule has 0 aliphatic carbocycles. The van der Waals surface area contributed by atoms with Crippen LogP contribution in [0, 0.1) is 17.3 Å². The Morgan fingerprint density at radius 2 is 1.85 bits per heavy atom. The first kappa shape index (κ1) is 17.0. The molecular weight excluding hydrogens is 345 g/mol. The first-order valence-electron chi connectivity index (χ1n) is 8.66. The number of anilines is 2. The van der Waals surface area contributed by atoms with E-state index in [1.165, 1.54) is 12.3 Å². The minimum Gasteiger partial charge on any atom is -0.366 e. The number of piperazine rings is 1. The molecule has 1 aromatic carbocycles. The number of aryl methyl sites for hydroxylation is 1. The van der Waals surface area contributed by atoms with Crippen LogP contribution < -0.4 is 9.80 Å². The van der Waals surface area contributed by atoms with Crippen molar-refractivity contribution in [2.24, 2.45) is 7.05 Å². The van der Waals surface area contributed by atoms with Gasteiger partial charge in [-0.15, -0.1) is 10.2 Å². The molecule has 0 atom stereocenters. The van der Waals surface area contributed by atoms with Crippen molar-refractivity contribution in [3.05, 3.63) is 54.4 Å². The van der Waals surface area contributed by atoms with Crippen molar-refractivity contribution in [2.45, 2.75) is 0 Å². The highest BCUT2D eigenvalue weighted by Crippen LogP contribution is 2.34. The number of pyridine rings is 1. The highest BCUT2D eigenvalue weighted by molar-refractivity contribution is 5.82. The fourth-order valence-corrected chi connectivity index (χ4v) is 3.44. The lowest BCUT2D eigenvalue weighted by molar-refractivity contribution is 0.584. The van der Waals surface area contributed by atoms with Gasteiger partial charge in [-0.3, -0.25) is 0 Å². The maximum atomic E-state index is 13.2. The summed E-state index contributed by atoms with van der Waals surface area (Å²) in [5.41, 5.74) is 3.14. The van der Waals surface area contributed by atoms with Gasteiger partial charge in [0.1, 0.15) is 12.4 Å². The summed E-state index contributed by atoms with van der Waals surface area (Å²) >= 11 is 0. The van der Waals surface area contributed by atoms with Gasteiger partial charge in [-0.2, -0.15) is 9.65 Å². The van der Waals surface area contributed by atoms with Crippen LogP contribution >= 0.6 is 0 Å². The van der Waals surface area contributed by atoms with Crippen LogP contribution in [0.4, 0.5) is 16.0 Å². The Morgan fingerprint density at radius 1 is 1.07 bits per heavy atom. The molecule has 0 radical (unpaired) electrons. The molecule has 1 aliphatic heterocycles. The second-order valence-corrected chi connectivity index (χ2v) is 6.40. The summed E-state index contributed by atoms with van der Waals surface area (Å²) in [4.78, 5) is 8.14. The van der Waals surface area contributed by atoms with E-state index < -0.39 is 5.95 Å². The number of para-hydroxylation sites is 1. The van der Waals surface area contributed by atoms with E-state index in [-0.39, 0.29) is 0 Å². The Balaban J connectivity index is 1.65. The molecule has 0 unspecified atom stereocenters. The van der Waals surface area contributed by atoms with Gasteiger partial charge in [0, 0.05) is 50.6 Å². The van der Waals surface area contributed by atoms with Crippen LogP contribution in [0.15, 0.2) is 42.9 Å². The number of nitrogens with zero attached hydrogens (tertiary/aromatic N) is 7. The van der Waals surface area contributed by atoms with Gasteiger partial charge in [0.2, 0.25) is 11.9 Å².